The third-order valence-electron chi connectivity index (χ3n) is 4.04. The van der Waals surface area contributed by atoms with Crippen LogP contribution < -0.4 is 5.32 Å². The molecule has 0 spiro atoms. The van der Waals surface area contributed by atoms with Gasteiger partial charge in [-0.05, 0) is 45.4 Å². The maximum atomic E-state index is 11.6. The molecule has 1 saturated carbocycles. The Hall–Kier alpha value is -0.610. The number of rotatable bonds is 4. The van der Waals surface area contributed by atoms with E-state index < -0.39 is 0 Å². The Balaban J connectivity index is 1.68. The molecule has 0 aromatic carbocycles. The summed E-state index contributed by atoms with van der Waals surface area (Å²) in [6.07, 6.45) is 6.39. The molecule has 0 unspecified atom stereocenters. The number of esters is 1. The minimum Gasteiger partial charge on any atom is -0.466 e. The van der Waals surface area contributed by atoms with E-state index in [1.54, 1.807) is 0 Å². The van der Waals surface area contributed by atoms with E-state index in [1.165, 1.54) is 0 Å². The fraction of sp³-hybridized carbons (Fsp3) is 0.929. The van der Waals surface area contributed by atoms with Gasteiger partial charge in [0, 0.05) is 25.3 Å². The molecule has 2 aliphatic rings. The molecule has 0 atom stereocenters. The van der Waals surface area contributed by atoms with Gasteiger partial charge < -0.3 is 14.8 Å². The summed E-state index contributed by atoms with van der Waals surface area (Å²) in [6.45, 7) is 4.14. The molecule has 1 aliphatic carbocycles. The lowest BCUT2D eigenvalue weighted by Gasteiger charge is -2.32. The molecule has 18 heavy (non-hydrogen) atoms. The van der Waals surface area contributed by atoms with E-state index in [0.29, 0.717) is 18.7 Å². The van der Waals surface area contributed by atoms with E-state index in [0.717, 1.165) is 51.7 Å². The lowest BCUT2D eigenvalue weighted by molar-refractivity contribution is -0.149. The SMILES string of the molecule is CCOC(=O)C1CCC(NC2CCOCC2)CC1. The second-order valence-electron chi connectivity index (χ2n) is 5.35. The fourth-order valence-electron chi connectivity index (χ4n) is 2.95. The summed E-state index contributed by atoms with van der Waals surface area (Å²) < 4.78 is 10.5. The third-order valence-corrected chi connectivity index (χ3v) is 4.04. The third kappa shape index (κ3) is 3.95. The Labute approximate surface area is 109 Å². The largest absolute Gasteiger partial charge is 0.466 e. The number of hydrogen-bond acceptors (Lipinski definition) is 4. The van der Waals surface area contributed by atoms with E-state index >= 15 is 0 Å². The van der Waals surface area contributed by atoms with Gasteiger partial charge in [0.2, 0.25) is 0 Å². The molecule has 0 amide bonds. The maximum absolute atomic E-state index is 11.6. The lowest BCUT2D eigenvalue weighted by atomic mass is 9.85. The summed E-state index contributed by atoms with van der Waals surface area (Å²) in [5.41, 5.74) is 0. The summed E-state index contributed by atoms with van der Waals surface area (Å²) in [6, 6.07) is 1.20. The molecule has 0 bridgehead atoms. The van der Waals surface area contributed by atoms with Gasteiger partial charge in [0.25, 0.3) is 0 Å². The number of ether oxygens (including phenoxy) is 2. The highest BCUT2D eigenvalue weighted by Gasteiger charge is 2.28. The summed E-state index contributed by atoms with van der Waals surface area (Å²) in [5, 5.41) is 3.72. The first-order chi connectivity index (χ1) is 8.79. The summed E-state index contributed by atoms with van der Waals surface area (Å²) in [7, 11) is 0. The number of nitrogens with one attached hydrogen (secondary N) is 1. The van der Waals surface area contributed by atoms with Gasteiger partial charge in [-0.3, -0.25) is 4.79 Å². The molecule has 1 saturated heterocycles. The molecule has 2 fully saturated rings. The molecule has 1 N–H and O–H groups in total. The predicted molar refractivity (Wildman–Crippen MR) is 69.4 cm³/mol. The number of carbonyl (C=O) groups is 1. The summed E-state index contributed by atoms with van der Waals surface area (Å²) >= 11 is 0. The van der Waals surface area contributed by atoms with Crippen LogP contribution in [0, 0.1) is 5.92 Å². The van der Waals surface area contributed by atoms with Crippen molar-refractivity contribution >= 4 is 5.97 Å². The van der Waals surface area contributed by atoms with E-state index in [2.05, 4.69) is 5.32 Å². The van der Waals surface area contributed by atoms with Crippen LogP contribution in [-0.4, -0.2) is 37.9 Å². The Morgan fingerprint density at radius 2 is 1.72 bits per heavy atom. The van der Waals surface area contributed by atoms with Gasteiger partial charge in [-0.25, -0.2) is 0 Å². The zero-order chi connectivity index (χ0) is 12.8. The average molecular weight is 255 g/mol. The highest BCUT2D eigenvalue weighted by atomic mass is 16.5. The maximum Gasteiger partial charge on any atom is 0.308 e. The smallest absolute Gasteiger partial charge is 0.308 e. The molecular weight excluding hydrogens is 230 g/mol. The second kappa shape index (κ2) is 7.10. The van der Waals surface area contributed by atoms with Crippen LogP contribution in [0.15, 0.2) is 0 Å². The molecule has 1 aliphatic heterocycles. The van der Waals surface area contributed by atoms with Crippen LogP contribution in [0.25, 0.3) is 0 Å². The number of hydrogen-bond donors (Lipinski definition) is 1. The van der Waals surface area contributed by atoms with E-state index in [1.807, 2.05) is 6.92 Å². The molecule has 104 valence electrons. The van der Waals surface area contributed by atoms with E-state index in [-0.39, 0.29) is 11.9 Å². The van der Waals surface area contributed by atoms with Gasteiger partial charge in [0.05, 0.1) is 12.5 Å². The van der Waals surface area contributed by atoms with Gasteiger partial charge >= 0.3 is 5.97 Å². The first kappa shape index (κ1) is 13.8. The highest BCUT2D eigenvalue weighted by molar-refractivity contribution is 5.72. The first-order valence-electron chi connectivity index (χ1n) is 7.30. The van der Waals surface area contributed by atoms with Gasteiger partial charge in [0.15, 0.2) is 0 Å². The quantitative estimate of drug-likeness (QED) is 0.779. The molecule has 2 rings (SSSR count). The number of carbonyl (C=O) groups excluding carboxylic acids is 1. The van der Waals surface area contributed by atoms with Gasteiger partial charge in [0.1, 0.15) is 0 Å². The Morgan fingerprint density at radius 3 is 2.33 bits per heavy atom. The minimum atomic E-state index is 0.00187. The minimum absolute atomic E-state index is 0.00187. The normalized spacial score (nSPS) is 30.1. The van der Waals surface area contributed by atoms with Crippen LogP contribution in [0.1, 0.15) is 45.4 Å². The molecule has 4 heteroatoms. The molecule has 0 aromatic rings. The topological polar surface area (TPSA) is 47.6 Å². The molecule has 4 nitrogen and oxygen atoms in total. The van der Waals surface area contributed by atoms with Crippen molar-refractivity contribution in [2.24, 2.45) is 5.92 Å². The zero-order valence-electron chi connectivity index (χ0n) is 11.3. The summed E-state index contributed by atoms with van der Waals surface area (Å²) in [5.74, 6) is 0.139. The molecule has 0 aromatic heterocycles. The Bertz CT molecular complexity index is 256. The van der Waals surface area contributed by atoms with Crippen LogP contribution in [0.3, 0.4) is 0 Å². The molecule has 0 radical (unpaired) electrons. The van der Waals surface area contributed by atoms with Crippen LogP contribution in [0.2, 0.25) is 0 Å². The van der Waals surface area contributed by atoms with Crippen molar-refractivity contribution in [2.45, 2.75) is 57.5 Å². The van der Waals surface area contributed by atoms with Crippen molar-refractivity contribution in [3.05, 3.63) is 0 Å². The highest BCUT2D eigenvalue weighted by Crippen LogP contribution is 2.26. The van der Waals surface area contributed by atoms with Crippen LogP contribution in [0.4, 0.5) is 0 Å². The van der Waals surface area contributed by atoms with Crippen LogP contribution in [-0.2, 0) is 14.3 Å². The molecule has 1 heterocycles. The summed E-state index contributed by atoms with van der Waals surface area (Å²) in [4.78, 5) is 11.6. The van der Waals surface area contributed by atoms with E-state index in [4.69, 9.17) is 9.47 Å². The second-order valence-corrected chi connectivity index (χ2v) is 5.35. The Kier molecular flexibility index (Phi) is 5.45. The van der Waals surface area contributed by atoms with E-state index in [9.17, 15) is 4.79 Å². The van der Waals surface area contributed by atoms with Crippen molar-refractivity contribution < 1.29 is 14.3 Å². The Morgan fingerprint density at radius 1 is 1.11 bits per heavy atom. The zero-order valence-corrected chi connectivity index (χ0v) is 11.3. The fourth-order valence-corrected chi connectivity index (χ4v) is 2.95. The van der Waals surface area contributed by atoms with Crippen molar-refractivity contribution in [3.63, 3.8) is 0 Å². The van der Waals surface area contributed by atoms with Crippen molar-refractivity contribution in [2.75, 3.05) is 19.8 Å². The standard InChI is InChI=1S/C14H25NO3/c1-2-18-14(16)11-3-5-12(6-4-11)15-13-7-9-17-10-8-13/h11-13,15H,2-10H2,1H3. The average Bonchev–Trinajstić information content (AvgIpc) is 2.41. The van der Waals surface area contributed by atoms with Crippen molar-refractivity contribution in [1.29, 1.82) is 0 Å². The first-order valence-corrected chi connectivity index (χ1v) is 7.30. The molecular formula is C14H25NO3. The van der Waals surface area contributed by atoms with Crippen LogP contribution in [0.5, 0.6) is 0 Å². The van der Waals surface area contributed by atoms with Crippen molar-refractivity contribution in [3.8, 4) is 0 Å². The van der Waals surface area contributed by atoms with Gasteiger partial charge in [-0.1, -0.05) is 0 Å². The monoisotopic (exact) mass is 255 g/mol. The van der Waals surface area contributed by atoms with Gasteiger partial charge in [-0.15, -0.1) is 0 Å². The predicted octanol–water partition coefficient (Wildman–Crippen LogP) is 1.88. The lowest BCUT2D eigenvalue weighted by Crippen LogP contribution is -2.43. The van der Waals surface area contributed by atoms with Gasteiger partial charge in [-0.2, -0.15) is 0 Å². The van der Waals surface area contributed by atoms with Crippen molar-refractivity contribution in [1.82, 2.24) is 5.32 Å². The van der Waals surface area contributed by atoms with Crippen LogP contribution >= 0.6 is 0 Å².